The van der Waals surface area contributed by atoms with Crippen LogP contribution in [0.3, 0.4) is 0 Å². The number of rotatable bonds is 5. The molecule has 2 aromatic carbocycles. The average molecular weight is 485 g/mol. The van der Waals surface area contributed by atoms with Crippen LogP contribution in [0, 0.1) is 5.82 Å². The highest BCUT2D eigenvalue weighted by Gasteiger charge is 2.30. The molecule has 4 aromatic rings. The van der Waals surface area contributed by atoms with E-state index in [0.29, 0.717) is 23.5 Å². The van der Waals surface area contributed by atoms with E-state index in [1.54, 1.807) is 23.0 Å². The van der Waals surface area contributed by atoms with Gasteiger partial charge in [-0.2, -0.15) is 18.3 Å². The Hall–Kier alpha value is -4.48. The number of carbonyl (C=O) groups is 1. The Morgan fingerprint density at radius 1 is 1.06 bits per heavy atom. The van der Waals surface area contributed by atoms with Crippen LogP contribution in [0.5, 0.6) is 0 Å². The van der Waals surface area contributed by atoms with Crippen molar-refractivity contribution < 1.29 is 22.4 Å². The van der Waals surface area contributed by atoms with Gasteiger partial charge in [0.1, 0.15) is 5.69 Å². The first-order chi connectivity index (χ1) is 16.7. The van der Waals surface area contributed by atoms with Crippen LogP contribution in [0.15, 0.2) is 60.9 Å². The third-order valence-corrected chi connectivity index (χ3v) is 5.01. The van der Waals surface area contributed by atoms with Gasteiger partial charge in [-0.05, 0) is 43.3 Å². The van der Waals surface area contributed by atoms with Crippen molar-refractivity contribution in [1.29, 1.82) is 0 Å². The van der Waals surface area contributed by atoms with Crippen molar-refractivity contribution in [3.8, 4) is 22.5 Å². The zero-order valence-corrected chi connectivity index (χ0v) is 18.3. The van der Waals surface area contributed by atoms with Crippen LogP contribution < -0.4 is 16.4 Å². The van der Waals surface area contributed by atoms with E-state index in [2.05, 4.69) is 25.7 Å². The number of aromatic nitrogens is 4. The number of halogens is 4. The number of urea groups is 1. The fourth-order valence-corrected chi connectivity index (χ4v) is 3.34. The van der Waals surface area contributed by atoms with E-state index >= 15 is 4.39 Å². The monoisotopic (exact) mass is 485 g/mol. The summed E-state index contributed by atoms with van der Waals surface area (Å²) in [5, 5.41) is 9.22. The van der Waals surface area contributed by atoms with Gasteiger partial charge in [0, 0.05) is 35.8 Å². The Morgan fingerprint density at radius 3 is 2.46 bits per heavy atom. The molecule has 0 unspecified atom stereocenters. The molecule has 0 aliphatic rings. The maximum Gasteiger partial charge on any atom is 0.416 e. The van der Waals surface area contributed by atoms with E-state index in [9.17, 15) is 18.0 Å². The Kier molecular flexibility index (Phi) is 6.36. The first-order valence-corrected chi connectivity index (χ1v) is 10.4. The van der Waals surface area contributed by atoms with Crippen LogP contribution in [0.4, 0.5) is 39.7 Å². The summed E-state index contributed by atoms with van der Waals surface area (Å²) >= 11 is 0. The number of nitrogens with one attached hydrogen (secondary N) is 2. The van der Waals surface area contributed by atoms with Gasteiger partial charge in [-0.1, -0.05) is 12.1 Å². The van der Waals surface area contributed by atoms with Crippen LogP contribution in [-0.2, 0) is 12.7 Å². The van der Waals surface area contributed by atoms with Gasteiger partial charge in [-0.3, -0.25) is 4.68 Å². The van der Waals surface area contributed by atoms with E-state index in [1.165, 1.54) is 18.3 Å². The highest BCUT2D eigenvalue weighted by atomic mass is 19.4. The molecule has 0 saturated carbocycles. The number of amides is 2. The summed E-state index contributed by atoms with van der Waals surface area (Å²) in [6, 6.07) is 9.09. The van der Waals surface area contributed by atoms with E-state index < -0.39 is 23.6 Å². The molecule has 0 spiro atoms. The predicted molar refractivity (Wildman–Crippen MR) is 123 cm³/mol. The van der Waals surface area contributed by atoms with Crippen LogP contribution in [0.2, 0.25) is 0 Å². The van der Waals surface area contributed by atoms with Gasteiger partial charge in [0.25, 0.3) is 0 Å². The molecule has 2 amide bonds. The maximum absolute atomic E-state index is 15.5. The second-order valence-electron chi connectivity index (χ2n) is 7.37. The number of nitrogen functional groups attached to an aromatic ring is 1. The van der Waals surface area contributed by atoms with E-state index in [-0.39, 0.29) is 22.9 Å². The molecule has 0 aliphatic heterocycles. The quantitative estimate of drug-likeness (QED) is 0.327. The van der Waals surface area contributed by atoms with Gasteiger partial charge in [0.05, 0.1) is 16.9 Å². The molecule has 0 fully saturated rings. The standard InChI is InChI=1S/C23H19F4N7O/c1-2-34-12-16(20(33-34)18-10-11-29-21(28)31-18)15-4-3-5-17(19(15)24)32-22(35)30-14-8-6-13(7-9-14)23(25,26)27/h3-12H,2H2,1H3,(H2,28,29,31)(H2,30,32,35). The minimum atomic E-state index is -4.49. The van der Waals surface area contributed by atoms with Crippen molar-refractivity contribution in [2.45, 2.75) is 19.6 Å². The Morgan fingerprint density at radius 2 is 1.80 bits per heavy atom. The molecule has 0 atom stereocenters. The zero-order valence-electron chi connectivity index (χ0n) is 18.3. The minimum Gasteiger partial charge on any atom is -0.368 e. The van der Waals surface area contributed by atoms with Gasteiger partial charge in [-0.25, -0.2) is 19.2 Å². The number of anilines is 3. The third-order valence-electron chi connectivity index (χ3n) is 5.01. The largest absolute Gasteiger partial charge is 0.416 e. The van der Waals surface area contributed by atoms with E-state index in [1.807, 2.05) is 6.92 Å². The molecule has 12 heteroatoms. The molecule has 0 radical (unpaired) electrons. The SMILES string of the molecule is CCn1cc(-c2cccc(NC(=O)Nc3ccc(C(F)(F)F)cc3)c2F)c(-c2ccnc(N)n2)n1. The fraction of sp³-hybridized carbons (Fsp3) is 0.130. The average Bonchev–Trinajstić information content (AvgIpc) is 3.24. The molecule has 2 heterocycles. The molecule has 0 aliphatic carbocycles. The molecule has 35 heavy (non-hydrogen) atoms. The number of aryl methyl sites for hydroxylation is 1. The van der Waals surface area contributed by atoms with Crippen LogP contribution in [0.25, 0.3) is 22.5 Å². The Balaban J connectivity index is 1.60. The second kappa shape index (κ2) is 9.41. The zero-order chi connectivity index (χ0) is 25.2. The lowest BCUT2D eigenvalue weighted by Gasteiger charge is -2.12. The number of nitrogens with two attached hydrogens (primary N) is 1. The lowest BCUT2D eigenvalue weighted by Crippen LogP contribution is -2.20. The van der Waals surface area contributed by atoms with Crippen LogP contribution in [-0.4, -0.2) is 25.8 Å². The molecule has 2 aromatic heterocycles. The van der Waals surface area contributed by atoms with Gasteiger partial charge in [0.2, 0.25) is 5.95 Å². The minimum absolute atomic E-state index is 0.0373. The smallest absolute Gasteiger partial charge is 0.368 e. The molecule has 8 nitrogen and oxygen atoms in total. The summed E-state index contributed by atoms with van der Waals surface area (Å²) < 4.78 is 55.2. The van der Waals surface area contributed by atoms with Gasteiger partial charge in [0.15, 0.2) is 5.82 Å². The van der Waals surface area contributed by atoms with Crippen LogP contribution >= 0.6 is 0 Å². The third kappa shape index (κ3) is 5.21. The number of hydrogen-bond acceptors (Lipinski definition) is 5. The van der Waals surface area contributed by atoms with E-state index in [4.69, 9.17) is 5.73 Å². The highest BCUT2D eigenvalue weighted by molar-refractivity contribution is 6.00. The van der Waals surface area contributed by atoms with Crippen molar-refractivity contribution in [1.82, 2.24) is 19.7 Å². The Bertz CT molecular complexity index is 1370. The fourth-order valence-electron chi connectivity index (χ4n) is 3.34. The maximum atomic E-state index is 15.5. The van der Waals surface area contributed by atoms with Crippen molar-refractivity contribution in [2.75, 3.05) is 16.4 Å². The van der Waals surface area contributed by atoms with Crippen molar-refractivity contribution in [3.63, 3.8) is 0 Å². The number of alkyl halides is 3. The van der Waals surface area contributed by atoms with Crippen molar-refractivity contribution in [2.24, 2.45) is 0 Å². The normalized spacial score (nSPS) is 11.3. The summed E-state index contributed by atoms with van der Waals surface area (Å²) in [5.41, 5.74) is 6.17. The lowest BCUT2D eigenvalue weighted by molar-refractivity contribution is -0.137. The molecule has 0 saturated heterocycles. The topological polar surface area (TPSA) is 111 Å². The van der Waals surface area contributed by atoms with Gasteiger partial charge >= 0.3 is 12.2 Å². The molecule has 0 bridgehead atoms. The number of hydrogen-bond donors (Lipinski definition) is 3. The molecule has 4 N–H and O–H groups in total. The summed E-state index contributed by atoms with van der Waals surface area (Å²) in [7, 11) is 0. The molecule has 4 rings (SSSR count). The number of nitrogens with zero attached hydrogens (tertiary/aromatic N) is 4. The number of benzene rings is 2. The molecular weight excluding hydrogens is 466 g/mol. The van der Waals surface area contributed by atoms with Crippen molar-refractivity contribution in [3.05, 3.63) is 72.3 Å². The summed E-state index contributed by atoms with van der Waals surface area (Å²) in [4.78, 5) is 20.4. The first kappa shape index (κ1) is 23.7. The summed E-state index contributed by atoms with van der Waals surface area (Å²) in [6.45, 7) is 2.39. The summed E-state index contributed by atoms with van der Waals surface area (Å²) in [6.07, 6.45) is -1.38. The van der Waals surface area contributed by atoms with Gasteiger partial charge in [-0.15, -0.1) is 0 Å². The predicted octanol–water partition coefficient (Wildman–Crippen LogP) is 5.41. The summed E-state index contributed by atoms with van der Waals surface area (Å²) in [5.74, 6) is -0.690. The second-order valence-corrected chi connectivity index (χ2v) is 7.37. The first-order valence-electron chi connectivity index (χ1n) is 10.4. The van der Waals surface area contributed by atoms with Crippen molar-refractivity contribution >= 4 is 23.4 Å². The van der Waals surface area contributed by atoms with E-state index in [0.717, 1.165) is 24.3 Å². The Labute approximate surface area is 196 Å². The lowest BCUT2D eigenvalue weighted by atomic mass is 10.0. The molecule has 180 valence electrons. The number of carbonyl (C=O) groups excluding carboxylic acids is 1. The van der Waals surface area contributed by atoms with Gasteiger partial charge < -0.3 is 16.4 Å². The highest BCUT2D eigenvalue weighted by Crippen LogP contribution is 2.34. The van der Waals surface area contributed by atoms with Crippen LogP contribution in [0.1, 0.15) is 12.5 Å². The molecular formula is C23H19F4N7O.